The van der Waals surface area contributed by atoms with Crippen molar-refractivity contribution in [2.24, 2.45) is 0 Å². The summed E-state index contributed by atoms with van der Waals surface area (Å²) in [6.07, 6.45) is 1.53. The predicted octanol–water partition coefficient (Wildman–Crippen LogP) is 7.02. The number of hydrogen-bond acceptors (Lipinski definition) is 5. The van der Waals surface area contributed by atoms with Crippen molar-refractivity contribution in [3.8, 4) is 17.1 Å². The topological polar surface area (TPSA) is 59.8 Å². The number of hydrogen-bond donors (Lipinski definition) is 0. The number of furan rings is 1. The molecule has 158 valence electrons. The number of imide groups is 1. The molecule has 0 N–H and O–H groups in total. The third kappa shape index (κ3) is 4.77. The summed E-state index contributed by atoms with van der Waals surface area (Å²) in [6, 6.07) is 15.7. The number of carbonyl (C=O) groups is 2. The van der Waals surface area contributed by atoms with E-state index in [0.29, 0.717) is 37.9 Å². The Hall–Kier alpha value is -2.38. The van der Waals surface area contributed by atoms with Crippen molar-refractivity contribution in [1.82, 2.24) is 4.90 Å². The van der Waals surface area contributed by atoms with Crippen LogP contribution in [0.3, 0.4) is 0 Å². The summed E-state index contributed by atoms with van der Waals surface area (Å²) >= 11 is 19.2. The molecular formula is C22H14Cl3NO4S. The number of ether oxygens (including phenoxy) is 1. The molecule has 3 aromatic rings. The molecule has 1 aliphatic rings. The Kier molecular flexibility index (Phi) is 6.62. The zero-order valence-electron chi connectivity index (χ0n) is 15.8. The van der Waals surface area contributed by atoms with E-state index in [4.69, 9.17) is 44.0 Å². The zero-order valence-corrected chi connectivity index (χ0v) is 18.9. The molecule has 1 saturated heterocycles. The van der Waals surface area contributed by atoms with Crippen LogP contribution < -0.4 is 4.74 Å². The lowest BCUT2D eigenvalue weighted by Crippen LogP contribution is -2.32. The van der Waals surface area contributed by atoms with E-state index in [9.17, 15) is 9.59 Å². The lowest BCUT2D eigenvalue weighted by molar-refractivity contribution is -0.123. The summed E-state index contributed by atoms with van der Waals surface area (Å²) in [4.78, 5) is 26.3. The van der Waals surface area contributed by atoms with Crippen molar-refractivity contribution < 1.29 is 18.7 Å². The van der Waals surface area contributed by atoms with Crippen LogP contribution in [0.15, 0.2) is 63.9 Å². The summed E-state index contributed by atoms with van der Waals surface area (Å²) in [7, 11) is 0. The fourth-order valence-electron chi connectivity index (χ4n) is 2.90. The molecule has 0 spiro atoms. The number of halogens is 3. The molecule has 0 bridgehead atoms. The quantitative estimate of drug-likeness (QED) is 0.345. The number of amides is 2. The van der Waals surface area contributed by atoms with Crippen LogP contribution in [0.5, 0.6) is 5.75 Å². The number of nitrogens with zero attached hydrogens (tertiary/aromatic N) is 1. The maximum absolute atomic E-state index is 12.7. The zero-order chi connectivity index (χ0) is 22.0. The molecule has 2 aromatic carbocycles. The summed E-state index contributed by atoms with van der Waals surface area (Å²) in [5.41, 5.74) is 0.638. The Bertz CT molecular complexity index is 1190. The molecule has 5 nitrogen and oxygen atoms in total. The van der Waals surface area contributed by atoms with Gasteiger partial charge in [0.1, 0.15) is 23.9 Å². The molecule has 1 aromatic heterocycles. The molecule has 31 heavy (non-hydrogen) atoms. The lowest BCUT2D eigenvalue weighted by atomic mass is 10.2. The van der Waals surface area contributed by atoms with Crippen molar-refractivity contribution in [2.45, 2.75) is 0 Å². The average Bonchev–Trinajstić information content (AvgIpc) is 3.31. The molecule has 2 heterocycles. The third-order valence-electron chi connectivity index (χ3n) is 4.40. The third-order valence-corrected chi connectivity index (χ3v) is 6.44. The number of thioether (sulfide) groups is 1. The predicted molar refractivity (Wildman–Crippen MR) is 124 cm³/mol. The fourth-order valence-corrected chi connectivity index (χ4v) is 4.33. The van der Waals surface area contributed by atoms with Crippen LogP contribution in [-0.4, -0.2) is 29.2 Å². The van der Waals surface area contributed by atoms with Crippen LogP contribution in [0.25, 0.3) is 17.4 Å². The molecule has 9 heteroatoms. The van der Waals surface area contributed by atoms with Gasteiger partial charge in [-0.1, -0.05) is 53.0 Å². The van der Waals surface area contributed by atoms with E-state index in [1.54, 1.807) is 54.6 Å². The van der Waals surface area contributed by atoms with Crippen LogP contribution in [0.1, 0.15) is 5.76 Å². The van der Waals surface area contributed by atoms with Gasteiger partial charge in [-0.2, -0.15) is 0 Å². The molecule has 4 rings (SSSR count). The van der Waals surface area contributed by atoms with Gasteiger partial charge < -0.3 is 9.15 Å². The van der Waals surface area contributed by atoms with Gasteiger partial charge in [0.25, 0.3) is 11.1 Å². The van der Waals surface area contributed by atoms with Gasteiger partial charge in [0, 0.05) is 11.6 Å². The van der Waals surface area contributed by atoms with E-state index in [1.807, 2.05) is 0 Å². The van der Waals surface area contributed by atoms with Gasteiger partial charge in [0.2, 0.25) is 0 Å². The Labute approximate surface area is 197 Å². The largest absolute Gasteiger partial charge is 0.490 e. The Morgan fingerprint density at radius 3 is 2.55 bits per heavy atom. The van der Waals surface area contributed by atoms with E-state index in [1.165, 1.54) is 6.08 Å². The number of rotatable bonds is 6. The second-order valence-electron chi connectivity index (χ2n) is 6.42. The lowest BCUT2D eigenvalue weighted by Gasteiger charge is -2.13. The number of para-hydroxylation sites is 1. The molecule has 0 atom stereocenters. The van der Waals surface area contributed by atoms with Crippen LogP contribution in [0.4, 0.5) is 4.79 Å². The molecule has 0 unspecified atom stereocenters. The van der Waals surface area contributed by atoms with Gasteiger partial charge in [0.05, 0.1) is 26.5 Å². The summed E-state index contributed by atoms with van der Waals surface area (Å²) in [6.45, 7) is 0.238. The van der Waals surface area contributed by atoms with E-state index >= 15 is 0 Å². The minimum Gasteiger partial charge on any atom is -0.490 e. The second kappa shape index (κ2) is 9.40. The smallest absolute Gasteiger partial charge is 0.293 e. The molecular weight excluding hydrogens is 481 g/mol. The highest BCUT2D eigenvalue weighted by molar-refractivity contribution is 8.18. The van der Waals surface area contributed by atoms with Crippen LogP contribution in [0, 0.1) is 0 Å². The van der Waals surface area contributed by atoms with E-state index < -0.39 is 5.91 Å². The fraction of sp³-hybridized carbons (Fsp3) is 0.0909. The first kappa shape index (κ1) is 21.8. The number of carbonyl (C=O) groups excluding carboxylic acids is 2. The average molecular weight is 495 g/mol. The van der Waals surface area contributed by atoms with Gasteiger partial charge in [-0.05, 0) is 48.2 Å². The van der Waals surface area contributed by atoms with Crippen molar-refractivity contribution in [3.05, 3.63) is 80.3 Å². The Morgan fingerprint density at radius 2 is 1.74 bits per heavy atom. The van der Waals surface area contributed by atoms with Crippen molar-refractivity contribution in [2.75, 3.05) is 13.2 Å². The molecule has 0 aliphatic carbocycles. The molecule has 0 radical (unpaired) electrons. The summed E-state index contributed by atoms with van der Waals surface area (Å²) in [5.74, 6) is 1.01. The highest BCUT2D eigenvalue weighted by Crippen LogP contribution is 2.36. The normalized spacial score (nSPS) is 15.2. The Morgan fingerprint density at radius 1 is 0.968 bits per heavy atom. The van der Waals surface area contributed by atoms with Gasteiger partial charge in [0.15, 0.2) is 0 Å². The standard InChI is InChI=1S/C22H14Cl3NO4S/c23-15-5-1-2-7-18(15)29-11-10-26-21(27)19(31-22(26)28)12-13-8-9-17(30-13)14-4-3-6-16(24)20(14)25/h1-9,12H,10-11H2/b19-12-. The monoisotopic (exact) mass is 493 g/mol. The second-order valence-corrected chi connectivity index (χ2v) is 8.60. The van der Waals surface area contributed by atoms with Crippen molar-refractivity contribution in [3.63, 3.8) is 0 Å². The molecule has 1 aliphatic heterocycles. The first-order valence-electron chi connectivity index (χ1n) is 9.11. The van der Waals surface area contributed by atoms with Gasteiger partial charge in [-0.25, -0.2) is 0 Å². The van der Waals surface area contributed by atoms with Gasteiger partial charge in [-0.15, -0.1) is 0 Å². The highest BCUT2D eigenvalue weighted by atomic mass is 35.5. The summed E-state index contributed by atoms with van der Waals surface area (Å²) in [5, 5.41) is 0.884. The van der Waals surface area contributed by atoms with Crippen LogP contribution in [0.2, 0.25) is 15.1 Å². The minimum atomic E-state index is -0.406. The molecule has 2 amide bonds. The van der Waals surface area contributed by atoms with E-state index in [2.05, 4.69) is 0 Å². The maximum Gasteiger partial charge on any atom is 0.293 e. The minimum absolute atomic E-state index is 0.106. The summed E-state index contributed by atoms with van der Waals surface area (Å²) < 4.78 is 11.4. The Balaban J connectivity index is 1.44. The molecule has 0 saturated carbocycles. The van der Waals surface area contributed by atoms with Crippen LogP contribution >= 0.6 is 46.6 Å². The van der Waals surface area contributed by atoms with E-state index in [-0.39, 0.29) is 23.3 Å². The SMILES string of the molecule is O=C1S/C(=C\c2ccc(-c3cccc(Cl)c3Cl)o2)C(=O)N1CCOc1ccccc1Cl. The van der Waals surface area contributed by atoms with Crippen LogP contribution in [-0.2, 0) is 4.79 Å². The highest BCUT2D eigenvalue weighted by Gasteiger charge is 2.35. The van der Waals surface area contributed by atoms with Gasteiger partial charge >= 0.3 is 0 Å². The van der Waals surface area contributed by atoms with E-state index in [0.717, 1.165) is 16.7 Å². The first-order chi connectivity index (χ1) is 14.9. The van der Waals surface area contributed by atoms with Crippen molar-refractivity contribution >= 4 is 63.8 Å². The van der Waals surface area contributed by atoms with Gasteiger partial charge in [-0.3, -0.25) is 14.5 Å². The molecule has 1 fully saturated rings. The first-order valence-corrected chi connectivity index (χ1v) is 11.1. The number of benzene rings is 2. The van der Waals surface area contributed by atoms with Crippen molar-refractivity contribution in [1.29, 1.82) is 0 Å². The maximum atomic E-state index is 12.7.